The van der Waals surface area contributed by atoms with Gasteiger partial charge in [0.15, 0.2) is 0 Å². The molecular formula is C16H18N2O2. The van der Waals surface area contributed by atoms with Gasteiger partial charge in [0, 0.05) is 37.0 Å². The van der Waals surface area contributed by atoms with E-state index in [1.54, 1.807) is 0 Å². The maximum atomic E-state index is 12.6. The molecule has 2 heterocycles. The summed E-state index contributed by atoms with van der Waals surface area (Å²) in [7, 11) is 1.92. The van der Waals surface area contributed by atoms with E-state index in [4.69, 9.17) is 0 Å². The molecule has 1 saturated heterocycles. The van der Waals surface area contributed by atoms with Crippen LogP contribution < -0.4 is 0 Å². The first-order valence-electron chi connectivity index (χ1n) is 6.99. The van der Waals surface area contributed by atoms with E-state index in [0.29, 0.717) is 13.1 Å². The molecule has 0 atom stereocenters. The minimum atomic E-state index is 0.0630. The Balaban J connectivity index is 1.86. The lowest BCUT2D eigenvalue weighted by atomic mass is 9.98. The largest absolute Gasteiger partial charge is 0.340 e. The number of aromatic nitrogens is 1. The van der Waals surface area contributed by atoms with Gasteiger partial charge in [0.2, 0.25) is 0 Å². The Bertz CT molecular complexity index is 652. The molecule has 20 heavy (non-hydrogen) atoms. The van der Waals surface area contributed by atoms with E-state index in [1.165, 1.54) is 0 Å². The minimum absolute atomic E-state index is 0.0630. The Labute approximate surface area is 118 Å². The van der Waals surface area contributed by atoms with Gasteiger partial charge in [0.1, 0.15) is 12.0 Å². The van der Waals surface area contributed by atoms with E-state index in [1.807, 2.05) is 46.8 Å². The van der Waals surface area contributed by atoms with Crippen molar-refractivity contribution in [2.75, 3.05) is 13.1 Å². The maximum Gasteiger partial charge on any atom is 0.270 e. The number of aldehydes is 1. The zero-order chi connectivity index (χ0) is 14.1. The molecule has 1 aromatic heterocycles. The van der Waals surface area contributed by atoms with Crippen molar-refractivity contribution < 1.29 is 9.59 Å². The van der Waals surface area contributed by atoms with Crippen LogP contribution in [0.1, 0.15) is 23.3 Å². The van der Waals surface area contributed by atoms with Gasteiger partial charge in [-0.1, -0.05) is 18.2 Å². The summed E-state index contributed by atoms with van der Waals surface area (Å²) < 4.78 is 1.95. The van der Waals surface area contributed by atoms with Gasteiger partial charge in [0.25, 0.3) is 5.91 Å². The summed E-state index contributed by atoms with van der Waals surface area (Å²) in [5.41, 5.74) is 1.79. The first-order chi connectivity index (χ1) is 9.70. The van der Waals surface area contributed by atoms with Crippen LogP contribution in [0.3, 0.4) is 0 Å². The van der Waals surface area contributed by atoms with E-state index in [2.05, 4.69) is 0 Å². The third kappa shape index (κ3) is 2.11. The van der Waals surface area contributed by atoms with E-state index in [9.17, 15) is 9.59 Å². The molecule has 1 aliphatic rings. The summed E-state index contributed by atoms with van der Waals surface area (Å²) in [5.74, 6) is 0.180. The van der Waals surface area contributed by atoms with Crippen LogP contribution in [0.15, 0.2) is 30.3 Å². The molecule has 3 rings (SSSR count). The van der Waals surface area contributed by atoms with Crippen molar-refractivity contribution in [3.05, 3.63) is 36.0 Å². The molecule has 0 aliphatic carbocycles. The molecule has 0 radical (unpaired) electrons. The van der Waals surface area contributed by atoms with Crippen LogP contribution in [0, 0.1) is 5.92 Å². The zero-order valence-corrected chi connectivity index (χ0v) is 11.6. The van der Waals surface area contributed by atoms with E-state index >= 15 is 0 Å². The molecule has 1 amide bonds. The first-order valence-corrected chi connectivity index (χ1v) is 6.99. The fraction of sp³-hybridized carbons (Fsp3) is 0.375. The number of rotatable bonds is 2. The van der Waals surface area contributed by atoms with Crippen molar-refractivity contribution in [2.45, 2.75) is 12.8 Å². The van der Waals surface area contributed by atoms with Gasteiger partial charge in [-0.2, -0.15) is 0 Å². The highest BCUT2D eigenvalue weighted by atomic mass is 16.2. The maximum absolute atomic E-state index is 12.6. The average molecular weight is 270 g/mol. The molecular weight excluding hydrogens is 252 g/mol. The van der Waals surface area contributed by atoms with Crippen molar-refractivity contribution in [3.8, 4) is 0 Å². The number of likely N-dealkylation sites (tertiary alicyclic amines) is 1. The SMILES string of the molecule is Cn1c(C(=O)N2CCC(C=O)CC2)cc2ccccc21. The number of nitrogens with zero attached hydrogens (tertiary/aromatic N) is 2. The molecule has 1 aromatic carbocycles. The summed E-state index contributed by atoms with van der Waals surface area (Å²) in [4.78, 5) is 25.2. The number of hydrogen-bond donors (Lipinski definition) is 0. The molecule has 4 heteroatoms. The number of hydrogen-bond acceptors (Lipinski definition) is 2. The number of para-hydroxylation sites is 1. The highest BCUT2D eigenvalue weighted by Gasteiger charge is 2.25. The zero-order valence-electron chi connectivity index (χ0n) is 11.6. The Kier molecular flexibility index (Phi) is 3.30. The summed E-state index contributed by atoms with van der Waals surface area (Å²) in [6.45, 7) is 1.34. The number of carbonyl (C=O) groups is 2. The number of benzene rings is 1. The van der Waals surface area contributed by atoms with Crippen molar-refractivity contribution in [1.82, 2.24) is 9.47 Å². The third-order valence-corrected chi connectivity index (χ3v) is 4.19. The van der Waals surface area contributed by atoms with Gasteiger partial charge in [-0.05, 0) is 25.0 Å². The molecule has 1 aliphatic heterocycles. The minimum Gasteiger partial charge on any atom is -0.340 e. The van der Waals surface area contributed by atoms with Crippen LogP contribution in [0.4, 0.5) is 0 Å². The Morgan fingerprint density at radius 3 is 2.60 bits per heavy atom. The number of aryl methyl sites for hydroxylation is 1. The molecule has 0 spiro atoms. The van der Waals surface area contributed by atoms with Crippen LogP contribution in [0.5, 0.6) is 0 Å². The van der Waals surface area contributed by atoms with Crippen molar-refractivity contribution in [2.24, 2.45) is 13.0 Å². The first kappa shape index (κ1) is 12.9. The van der Waals surface area contributed by atoms with E-state index in [0.717, 1.165) is 35.7 Å². The second kappa shape index (κ2) is 5.12. The van der Waals surface area contributed by atoms with Crippen LogP contribution in [-0.2, 0) is 11.8 Å². The van der Waals surface area contributed by atoms with Gasteiger partial charge in [0.05, 0.1) is 0 Å². The lowest BCUT2D eigenvalue weighted by Gasteiger charge is -2.29. The summed E-state index contributed by atoms with van der Waals surface area (Å²) >= 11 is 0. The molecule has 0 saturated carbocycles. The number of piperidine rings is 1. The number of fused-ring (bicyclic) bond motifs is 1. The van der Waals surface area contributed by atoms with Crippen LogP contribution >= 0.6 is 0 Å². The van der Waals surface area contributed by atoms with E-state index < -0.39 is 0 Å². The second-order valence-electron chi connectivity index (χ2n) is 5.41. The quantitative estimate of drug-likeness (QED) is 0.785. The van der Waals surface area contributed by atoms with Gasteiger partial charge >= 0.3 is 0 Å². The molecule has 1 fully saturated rings. The molecule has 0 N–H and O–H groups in total. The summed E-state index contributed by atoms with van der Waals surface area (Å²) in [6.07, 6.45) is 2.57. The van der Waals surface area contributed by atoms with E-state index in [-0.39, 0.29) is 11.8 Å². The van der Waals surface area contributed by atoms with Crippen molar-refractivity contribution in [1.29, 1.82) is 0 Å². The third-order valence-electron chi connectivity index (χ3n) is 4.19. The van der Waals surface area contributed by atoms with Crippen LogP contribution in [0.2, 0.25) is 0 Å². The van der Waals surface area contributed by atoms with Crippen molar-refractivity contribution >= 4 is 23.1 Å². The number of carbonyl (C=O) groups excluding carboxylic acids is 2. The normalized spacial score (nSPS) is 16.6. The Morgan fingerprint density at radius 1 is 1.25 bits per heavy atom. The molecule has 104 valence electrons. The highest BCUT2D eigenvalue weighted by molar-refractivity contribution is 5.98. The Morgan fingerprint density at radius 2 is 1.95 bits per heavy atom. The predicted octanol–water partition coefficient (Wildman–Crippen LogP) is 2.23. The smallest absolute Gasteiger partial charge is 0.270 e. The van der Waals surface area contributed by atoms with Gasteiger partial charge in [-0.3, -0.25) is 4.79 Å². The van der Waals surface area contributed by atoms with Crippen LogP contribution in [0.25, 0.3) is 10.9 Å². The van der Waals surface area contributed by atoms with Crippen molar-refractivity contribution in [3.63, 3.8) is 0 Å². The average Bonchev–Trinajstić information content (AvgIpc) is 2.84. The standard InChI is InChI=1S/C16H18N2O2/c1-17-14-5-3-2-4-13(14)10-15(17)16(20)18-8-6-12(11-19)7-9-18/h2-5,10-12H,6-9H2,1H3. The number of amides is 1. The summed E-state index contributed by atoms with van der Waals surface area (Å²) in [5, 5.41) is 1.08. The molecule has 0 unspecified atom stereocenters. The molecule has 0 bridgehead atoms. The lowest BCUT2D eigenvalue weighted by molar-refractivity contribution is -0.112. The second-order valence-corrected chi connectivity index (χ2v) is 5.41. The fourth-order valence-corrected chi connectivity index (χ4v) is 2.89. The molecule has 2 aromatic rings. The highest BCUT2D eigenvalue weighted by Crippen LogP contribution is 2.22. The molecule has 4 nitrogen and oxygen atoms in total. The topological polar surface area (TPSA) is 42.3 Å². The van der Waals surface area contributed by atoms with Crippen LogP contribution in [-0.4, -0.2) is 34.7 Å². The fourth-order valence-electron chi connectivity index (χ4n) is 2.89. The van der Waals surface area contributed by atoms with Gasteiger partial charge in [-0.15, -0.1) is 0 Å². The lowest BCUT2D eigenvalue weighted by Crippen LogP contribution is -2.39. The Hall–Kier alpha value is -2.10. The predicted molar refractivity (Wildman–Crippen MR) is 77.6 cm³/mol. The monoisotopic (exact) mass is 270 g/mol. The summed E-state index contributed by atoms with van der Waals surface area (Å²) in [6, 6.07) is 9.94. The van der Waals surface area contributed by atoms with Gasteiger partial charge in [-0.25, -0.2) is 0 Å². The van der Waals surface area contributed by atoms with Gasteiger partial charge < -0.3 is 14.3 Å².